The zero-order valence-electron chi connectivity index (χ0n) is 6.91. The summed E-state index contributed by atoms with van der Waals surface area (Å²) in [5, 5.41) is 0. The van der Waals surface area contributed by atoms with Gasteiger partial charge in [-0.05, 0) is 24.2 Å². The SMILES string of the molecule is C.C.CC1CCC(C)(C)CC1. The first-order valence-electron chi connectivity index (χ1n) is 4.10. The Kier molecular flexibility index (Phi) is 5.92. The topological polar surface area (TPSA) is 0 Å². The van der Waals surface area contributed by atoms with Crippen LogP contribution >= 0.6 is 0 Å². The standard InChI is InChI=1S/C9H18.2CH4/c1-8-4-6-9(2,3)7-5-8;;/h8H,4-7H2,1-3H3;2*1H4. The van der Waals surface area contributed by atoms with Crippen molar-refractivity contribution in [2.45, 2.75) is 61.3 Å². The second-order valence-corrected chi connectivity index (χ2v) is 4.35. The van der Waals surface area contributed by atoms with Crippen molar-refractivity contribution in [1.29, 1.82) is 0 Å². The molecule has 0 aromatic carbocycles. The van der Waals surface area contributed by atoms with E-state index in [2.05, 4.69) is 20.8 Å². The van der Waals surface area contributed by atoms with Crippen molar-refractivity contribution in [3.05, 3.63) is 0 Å². The van der Waals surface area contributed by atoms with Crippen LogP contribution in [-0.4, -0.2) is 0 Å². The van der Waals surface area contributed by atoms with Crippen molar-refractivity contribution in [1.82, 2.24) is 0 Å². The molecular weight excluding hydrogens is 132 g/mol. The maximum atomic E-state index is 2.39. The van der Waals surface area contributed by atoms with Crippen LogP contribution in [0.1, 0.15) is 61.3 Å². The van der Waals surface area contributed by atoms with Gasteiger partial charge in [-0.1, -0.05) is 48.5 Å². The van der Waals surface area contributed by atoms with Crippen molar-refractivity contribution in [2.75, 3.05) is 0 Å². The molecule has 1 saturated carbocycles. The molecule has 0 radical (unpaired) electrons. The van der Waals surface area contributed by atoms with E-state index < -0.39 is 0 Å². The first-order chi connectivity index (χ1) is 4.10. The smallest absolute Gasteiger partial charge is 0.0354 e. The van der Waals surface area contributed by atoms with Crippen molar-refractivity contribution in [3.63, 3.8) is 0 Å². The summed E-state index contributed by atoms with van der Waals surface area (Å²) in [5.41, 5.74) is 0.659. The van der Waals surface area contributed by atoms with E-state index in [1.54, 1.807) is 0 Å². The van der Waals surface area contributed by atoms with Crippen LogP contribution in [0.25, 0.3) is 0 Å². The zero-order chi connectivity index (χ0) is 6.91. The summed E-state index contributed by atoms with van der Waals surface area (Å²) in [4.78, 5) is 0. The predicted octanol–water partition coefficient (Wildman–Crippen LogP) is 4.49. The van der Waals surface area contributed by atoms with Gasteiger partial charge in [0.2, 0.25) is 0 Å². The highest BCUT2D eigenvalue weighted by Gasteiger charge is 2.23. The number of hydrogen-bond donors (Lipinski definition) is 0. The van der Waals surface area contributed by atoms with Crippen molar-refractivity contribution >= 4 is 0 Å². The predicted molar refractivity (Wildman–Crippen MR) is 54.9 cm³/mol. The summed E-state index contributed by atoms with van der Waals surface area (Å²) < 4.78 is 0. The van der Waals surface area contributed by atoms with Crippen LogP contribution in [0.3, 0.4) is 0 Å². The molecule has 0 bridgehead atoms. The molecule has 1 rings (SSSR count). The fourth-order valence-corrected chi connectivity index (χ4v) is 1.54. The maximum Gasteiger partial charge on any atom is -0.0354 e. The highest BCUT2D eigenvalue weighted by atomic mass is 14.3. The molecule has 70 valence electrons. The summed E-state index contributed by atoms with van der Waals surface area (Å²) in [6.45, 7) is 7.15. The largest absolute Gasteiger partial charge is 0.0776 e. The third-order valence-corrected chi connectivity index (χ3v) is 2.63. The van der Waals surface area contributed by atoms with E-state index in [1.807, 2.05) is 0 Å². The lowest BCUT2D eigenvalue weighted by molar-refractivity contribution is 0.201. The van der Waals surface area contributed by atoms with Gasteiger partial charge in [-0.25, -0.2) is 0 Å². The third-order valence-electron chi connectivity index (χ3n) is 2.63. The average Bonchev–Trinajstić information content (AvgIpc) is 1.78. The van der Waals surface area contributed by atoms with Crippen molar-refractivity contribution < 1.29 is 0 Å². The van der Waals surface area contributed by atoms with Gasteiger partial charge in [0, 0.05) is 0 Å². The van der Waals surface area contributed by atoms with E-state index in [-0.39, 0.29) is 14.9 Å². The summed E-state index contributed by atoms with van der Waals surface area (Å²) in [5.74, 6) is 0.998. The van der Waals surface area contributed by atoms with Crippen LogP contribution < -0.4 is 0 Å². The quantitative estimate of drug-likeness (QED) is 0.487. The molecule has 0 aromatic heterocycles. The zero-order valence-corrected chi connectivity index (χ0v) is 6.91. The fourth-order valence-electron chi connectivity index (χ4n) is 1.54. The Morgan fingerprint density at radius 2 is 1.36 bits per heavy atom. The Balaban J connectivity index is 0. The molecule has 0 saturated heterocycles. The Labute approximate surface area is 73.4 Å². The van der Waals surface area contributed by atoms with Crippen molar-refractivity contribution in [2.24, 2.45) is 11.3 Å². The molecule has 0 unspecified atom stereocenters. The summed E-state index contributed by atoms with van der Waals surface area (Å²) in [6.07, 6.45) is 5.78. The highest BCUT2D eigenvalue weighted by Crippen LogP contribution is 2.37. The maximum absolute atomic E-state index is 2.39. The minimum Gasteiger partial charge on any atom is -0.0776 e. The van der Waals surface area contributed by atoms with Crippen LogP contribution in [0, 0.1) is 11.3 Å². The van der Waals surface area contributed by atoms with E-state index in [1.165, 1.54) is 25.7 Å². The molecule has 0 aromatic rings. The van der Waals surface area contributed by atoms with Crippen LogP contribution in [0.5, 0.6) is 0 Å². The number of hydrogen-bond acceptors (Lipinski definition) is 0. The summed E-state index contributed by atoms with van der Waals surface area (Å²) in [6, 6.07) is 0. The normalized spacial score (nSPS) is 23.2. The molecule has 1 aliphatic rings. The summed E-state index contributed by atoms with van der Waals surface area (Å²) >= 11 is 0. The molecule has 0 nitrogen and oxygen atoms in total. The molecule has 1 aliphatic carbocycles. The van der Waals surface area contributed by atoms with Gasteiger partial charge in [-0.15, -0.1) is 0 Å². The molecule has 1 fully saturated rings. The first-order valence-corrected chi connectivity index (χ1v) is 4.10. The van der Waals surface area contributed by atoms with E-state index in [4.69, 9.17) is 0 Å². The molecular formula is C11H26. The molecule has 0 aliphatic heterocycles. The van der Waals surface area contributed by atoms with E-state index in [0.29, 0.717) is 5.41 Å². The second-order valence-electron chi connectivity index (χ2n) is 4.35. The molecule has 0 atom stereocenters. The van der Waals surface area contributed by atoms with Crippen LogP contribution in [0.4, 0.5) is 0 Å². The molecule has 0 spiro atoms. The van der Waals surface area contributed by atoms with Gasteiger partial charge in [0.1, 0.15) is 0 Å². The molecule has 0 amide bonds. The number of rotatable bonds is 0. The molecule has 0 heteroatoms. The van der Waals surface area contributed by atoms with Crippen LogP contribution in [0.15, 0.2) is 0 Å². The highest BCUT2D eigenvalue weighted by molar-refractivity contribution is 4.76. The minimum absolute atomic E-state index is 0. The lowest BCUT2D eigenvalue weighted by Gasteiger charge is -2.32. The van der Waals surface area contributed by atoms with Gasteiger partial charge in [0.25, 0.3) is 0 Å². The van der Waals surface area contributed by atoms with Gasteiger partial charge in [-0.2, -0.15) is 0 Å². The Morgan fingerprint density at radius 1 is 1.00 bits per heavy atom. The first kappa shape index (κ1) is 13.6. The van der Waals surface area contributed by atoms with Gasteiger partial charge < -0.3 is 0 Å². The Bertz CT molecular complexity index is 82.2. The molecule has 0 N–H and O–H groups in total. The third kappa shape index (κ3) is 4.44. The van der Waals surface area contributed by atoms with Crippen LogP contribution in [-0.2, 0) is 0 Å². The van der Waals surface area contributed by atoms with E-state index in [0.717, 1.165) is 5.92 Å². The fraction of sp³-hybridized carbons (Fsp3) is 1.00. The molecule has 11 heavy (non-hydrogen) atoms. The van der Waals surface area contributed by atoms with E-state index >= 15 is 0 Å². The lowest BCUT2D eigenvalue weighted by atomic mass is 9.74. The van der Waals surface area contributed by atoms with E-state index in [9.17, 15) is 0 Å². The minimum atomic E-state index is 0. The van der Waals surface area contributed by atoms with Gasteiger partial charge in [0.15, 0.2) is 0 Å². The van der Waals surface area contributed by atoms with Crippen LogP contribution in [0.2, 0.25) is 0 Å². The average molecular weight is 158 g/mol. The van der Waals surface area contributed by atoms with Gasteiger partial charge in [-0.3, -0.25) is 0 Å². The Hall–Kier alpha value is 0. The molecule has 0 heterocycles. The van der Waals surface area contributed by atoms with Gasteiger partial charge in [0.05, 0.1) is 0 Å². The monoisotopic (exact) mass is 158 g/mol. The summed E-state index contributed by atoms with van der Waals surface area (Å²) in [7, 11) is 0. The second kappa shape index (κ2) is 4.79. The lowest BCUT2D eigenvalue weighted by Crippen LogP contribution is -2.19. The van der Waals surface area contributed by atoms with Gasteiger partial charge >= 0.3 is 0 Å². The Morgan fingerprint density at radius 3 is 1.64 bits per heavy atom. The van der Waals surface area contributed by atoms with Crippen molar-refractivity contribution in [3.8, 4) is 0 Å².